The van der Waals surface area contributed by atoms with Gasteiger partial charge in [0.2, 0.25) is 5.95 Å². The molecule has 0 bridgehead atoms. The predicted octanol–water partition coefficient (Wildman–Crippen LogP) is 3.23. The van der Waals surface area contributed by atoms with Gasteiger partial charge in [0.05, 0.1) is 12.2 Å². The van der Waals surface area contributed by atoms with Crippen LogP contribution in [-0.4, -0.2) is 23.9 Å². The van der Waals surface area contributed by atoms with E-state index in [2.05, 4.69) is 14.5 Å². The van der Waals surface area contributed by atoms with Gasteiger partial charge in [-0.2, -0.15) is 4.39 Å². The summed E-state index contributed by atoms with van der Waals surface area (Å²) in [6.45, 7) is 1.04. The van der Waals surface area contributed by atoms with Crippen molar-refractivity contribution in [1.82, 2.24) is 4.98 Å². The zero-order chi connectivity index (χ0) is 15.5. The fourth-order valence-corrected chi connectivity index (χ4v) is 1.24. The van der Waals surface area contributed by atoms with Gasteiger partial charge in [0.1, 0.15) is 0 Å². The number of hydrogen-bond acceptors (Lipinski definition) is 4. The quantitative estimate of drug-likeness (QED) is 0.487. The molecule has 10 heteroatoms. The molecule has 1 heterocycles. The second kappa shape index (κ2) is 5.97. The molecule has 4 nitrogen and oxygen atoms in total. The molecule has 1 rings (SSSR count). The summed E-state index contributed by atoms with van der Waals surface area (Å²) in [5.41, 5.74) is -2.75. The van der Waals surface area contributed by atoms with Crippen LogP contribution in [0, 0.1) is 5.95 Å². The van der Waals surface area contributed by atoms with Gasteiger partial charge < -0.3 is 9.47 Å². The average Bonchev–Trinajstić information content (AvgIpc) is 2.29. The number of rotatable bonds is 4. The zero-order valence-corrected chi connectivity index (χ0v) is 9.80. The molecule has 0 aromatic carbocycles. The number of halogens is 6. The minimum absolute atomic E-state index is 0.0501. The Balaban J connectivity index is 3.43. The number of pyridine rings is 1. The molecule has 0 radical (unpaired) electrons. The van der Waals surface area contributed by atoms with Crippen LogP contribution in [0.1, 0.15) is 29.4 Å². The SMILES string of the molecule is CCOC(=O)c1nc(F)cc(C(F)F)c1OC(F)(F)F. The number of hydrogen-bond donors (Lipinski definition) is 0. The van der Waals surface area contributed by atoms with Crippen molar-refractivity contribution in [2.75, 3.05) is 6.61 Å². The lowest BCUT2D eigenvalue weighted by molar-refractivity contribution is -0.275. The Morgan fingerprint density at radius 3 is 2.45 bits per heavy atom. The van der Waals surface area contributed by atoms with E-state index in [0.29, 0.717) is 0 Å². The summed E-state index contributed by atoms with van der Waals surface area (Å²) in [7, 11) is 0. The summed E-state index contributed by atoms with van der Waals surface area (Å²) in [6.07, 6.45) is -8.86. The largest absolute Gasteiger partial charge is 0.573 e. The highest BCUT2D eigenvalue weighted by atomic mass is 19.4. The molecule has 0 saturated heterocycles. The summed E-state index contributed by atoms with van der Waals surface area (Å²) < 4.78 is 82.4. The average molecular weight is 303 g/mol. The minimum Gasteiger partial charge on any atom is -0.461 e. The van der Waals surface area contributed by atoms with Gasteiger partial charge in [-0.05, 0) is 6.92 Å². The molecule has 0 aliphatic heterocycles. The second-order valence-corrected chi connectivity index (χ2v) is 3.28. The van der Waals surface area contributed by atoms with E-state index in [1.54, 1.807) is 0 Å². The highest BCUT2D eigenvalue weighted by molar-refractivity contribution is 5.90. The molecule has 0 spiro atoms. The first-order valence-corrected chi connectivity index (χ1v) is 5.07. The molecule has 112 valence electrons. The van der Waals surface area contributed by atoms with Gasteiger partial charge in [-0.25, -0.2) is 18.6 Å². The van der Waals surface area contributed by atoms with Crippen LogP contribution < -0.4 is 4.74 Å². The fraction of sp³-hybridized carbons (Fsp3) is 0.400. The van der Waals surface area contributed by atoms with Crippen LogP contribution in [0.5, 0.6) is 5.75 Å². The summed E-state index contributed by atoms with van der Waals surface area (Å²) >= 11 is 0. The van der Waals surface area contributed by atoms with E-state index in [-0.39, 0.29) is 12.7 Å². The van der Waals surface area contributed by atoms with Crippen molar-refractivity contribution < 1.29 is 40.6 Å². The van der Waals surface area contributed by atoms with Gasteiger partial charge in [-0.15, -0.1) is 13.2 Å². The summed E-state index contributed by atoms with van der Waals surface area (Å²) in [5, 5.41) is 0. The van der Waals surface area contributed by atoms with Crippen LogP contribution in [0.2, 0.25) is 0 Å². The van der Waals surface area contributed by atoms with E-state index in [1.165, 1.54) is 6.92 Å². The van der Waals surface area contributed by atoms with Crippen molar-refractivity contribution in [3.8, 4) is 5.75 Å². The van der Waals surface area contributed by atoms with Crippen LogP contribution in [-0.2, 0) is 4.74 Å². The molecule has 0 aliphatic rings. The van der Waals surface area contributed by atoms with Crippen molar-refractivity contribution in [2.45, 2.75) is 19.7 Å². The Hall–Kier alpha value is -2.00. The Kier molecular flexibility index (Phi) is 4.79. The summed E-state index contributed by atoms with van der Waals surface area (Å²) in [4.78, 5) is 14.2. The van der Waals surface area contributed by atoms with Crippen LogP contribution in [0.15, 0.2) is 6.07 Å². The third kappa shape index (κ3) is 4.00. The first-order chi connectivity index (χ1) is 9.15. The summed E-state index contributed by atoms with van der Waals surface area (Å²) in [5.74, 6) is -4.64. The molecule has 0 fully saturated rings. The third-order valence-electron chi connectivity index (χ3n) is 1.89. The number of alkyl halides is 5. The number of carbonyl (C=O) groups is 1. The predicted molar refractivity (Wildman–Crippen MR) is 51.8 cm³/mol. The summed E-state index contributed by atoms with van der Waals surface area (Å²) in [6, 6.07) is 0.0501. The Morgan fingerprint density at radius 1 is 1.40 bits per heavy atom. The maximum Gasteiger partial charge on any atom is 0.573 e. The van der Waals surface area contributed by atoms with Gasteiger partial charge in [0.25, 0.3) is 6.43 Å². The van der Waals surface area contributed by atoms with Crippen LogP contribution in [0.4, 0.5) is 26.3 Å². The smallest absolute Gasteiger partial charge is 0.461 e. The van der Waals surface area contributed by atoms with E-state index in [0.717, 1.165) is 0 Å². The standard InChI is InChI=1S/C10H7F6NO3/c1-2-19-9(18)6-7(20-10(14,15)16)4(8(12)13)3-5(11)17-6/h3,8H,2H2,1H3. The molecule has 1 aromatic rings. The second-order valence-electron chi connectivity index (χ2n) is 3.28. The first kappa shape index (κ1) is 16.1. The third-order valence-corrected chi connectivity index (χ3v) is 1.89. The Morgan fingerprint density at radius 2 is 2.00 bits per heavy atom. The number of ether oxygens (including phenoxy) is 2. The molecule has 0 aliphatic carbocycles. The van der Waals surface area contributed by atoms with Gasteiger partial charge in [0.15, 0.2) is 11.4 Å². The molecular weight excluding hydrogens is 296 g/mol. The van der Waals surface area contributed by atoms with Crippen LogP contribution in [0.25, 0.3) is 0 Å². The Labute approximate surface area is 108 Å². The molecule has 0 amide bonds. The minimum atomic E-state index is -5.36. The molecule has 1 aromatic heterocycles. The monoisotopic (exact) mass is 303 g/mol. The van der Waals surface area contributed by atoms with Gasteiger partial charge in [-0.1, -0.05) is 0 Å². The van der Waals surface area contributed by atoms with Crippen LogP contribution in [0.3, 0.4) is 0 Å². The highest BCUT2D eigenvalue weighted by Crippen LogP contribution is 2.35. The molecule has 0 atom stereocenters. The zero-order valence-electron chi connectivity index (χ0n) is 9.80. The molecular formula is C10H7F6NO3. The van der Waals surface area contributed by atoms with Crippen molar-refractivity contribution in [1.29, 1.82) is 0 Å². The topological polar surface area (TPSA) is 48.4 Å². The van der Waals surface area contributed by atoms with E-state index < -0.39 is 41.7 Å². The van der Waals surface area contributed by atoms with Gasteiger partial charge >= 0.3 is 12.3 Å². The van der Waals surface area contributed by atoms with Gasteiger partial charge in [-0.3, -0.25) is 0 Å². The van der Waals surface area contributed by atoms with Crippen molar-refractivity contribution >= 4 is 5.97 Å². The molecule has 0 N–H and O–H groups in total. The lowest BCUT2D eigenvalue weighted by atomic mass is 10.2. The first-order valence-electron chi connectivity index (χ1n) is 5.07. The highest BCUT2D eigenvalue weighted by Gasteiger charge is 2.37. The normalized spacial score (nSPS) is 11.6. The fourth-order valence-electron chi connectivity index (χ4n) is 1.24. The maximum absolute atomic E-state index is 13.0. The number of nitrogens with zero attached hydrogens (tertiary/aromatic N) is 1. The molecule has 20 heavy (non-hydrogen) atoms. The van der Waals surface area contributed by atoms with Crippen molar-refractivity contribution in [2.24, 2.45) is 0 Å². The van der Waals surface area contributed by atoms with E-state index in [9.17, 15) is 31.1 Å². The molecule has 0 saturated carbocycles. The number of aromatic nitrogens is 1. The lowest BCUT2D eigenvalue weighted by Crippen LogP contribution is -2.22. The van der Waals surface area contributed by atoms with E-state index >= 15 is 0 Å². The van der Waals surface area contributed by atoms with Gasteiger partial charge in [0, 0.05) is 6.07 Å². The number of carbonyl (C=O) groups excluding carboxylic acids is 1. The number of esters is 1. The lowest BCUT2D eigenvalue weighted by Gasteiger charge is -2.15. The van der Waals surface area contributed by atoms with Crippen LogP contribution >= 0.6 is 0 Å². The maximum atomic E-state index is 13.0. The van der Waals surface area contributed by atoms with E-state index in [4.69, 9.17) is 0 Å². The Bertz CT molecular complexity index is 503. The van der Waals surface area contributed by atoms with E-state index in [1.807, 2.05) is 0 Å². The molecule has 0 unspecified atom stereocenters. The van der Waals surface area contributed by atoms with Crippen molar-refractivity contribution in [3.05, 3.63) is 23.3 Å². The van der Waals surface area contributed by atoms with Crippen molar-refractivity contribution in [3.63, 3.8) is 0 Å².